The summed E-state index contributed by atoms with van der Waals surface area (Å²) in [4.78, 5) is 27.4. The smallest absolute Gasteiger partial charge is 0.313 e. The molecule has 0 spiro atoms. The van der Waals surface area contributed by atoms with Crippen molar-refractivity contribution in [1.82, 2.24) is 4.98 Å². The zero-order valence-corrected chi connectivity index (χ0v) is 9.81. The van der Waals surface area contributed by atoms with E-state index in [9.17, 15) is 9.59 Å². The predicted molar refractivity (Wildman–Crippen MR) is 57.2 cm³/mol. The molecule has 0 atom stereocenters. The summed E-state index contributed by atoms with van der Waals surface area (Å²) >= 11 is 1.31. The van der Waals surface area contributed by atoms with Crippen LogP contribution in [0.15, 0.2) is 0 Å². The average Bonchev–Trinajstić information content (AvgIpc) is 2.45. The fraction of sp³-hybridized carbons (Fsp3) is 0.500. The number of rotatable bonds is 4. The topological polar surface area (TPSA) is 56.3 Å². The molecule has 0 aliphatic carbocycles. The number of hydrogen-bond donors (Lipinski definition) is 0. The Morgan fingerprint density at radius 2 is 2.07 bits per heavy atom. The summed E-state index contributed by atoms with van der Waals surface area (Å²) in [5, 5.41) is 0.833. The molecule has 0 amide bonds. The molecule has 15 heavy (non-hydrogen) atoms. The fourth-order valence-electron chi connectivity index (χ4n) is 1.21. The van der Waals surface area contributed by atoms with Crippen LogP contribution in [0.3, 0.4) is 0 Å². The Morgan fingerprint density at radius 1 is 1.40 bits per heavy atom. The standard InChI is InChI=1S/C10H13NO3S/c1-4-14-9(13)5-8(12)10-6(2)11-7(3)15-10/h4-5H2,1-3H3. The maximum Gasteiger partial charge on any atom is 0.313 e. The van der Waals surface area contributed by atoms with E-state index in [1.54, 1.807) is 13.8 Å². The van der Waals surface area contributed by atoms with Gasteiger partial charge in [0.1, 0.15) is 6.42 Å². The van der Waals surface area contributed by atoms with Crippen molar-refractivity contribution in [3.8, 4) is 0 Å². The second-order valence-electron chi connectivity index (χ2n) is 3.05. The highest BCUT2D eigenvalue weighted by molar-refractivity contribution is 7.13. The number of ether oxygens (including phenoxy) is 1. The third-order valence-electron chi connectivity index (χ3n) is 1.77. The molecular weight excluding hydrogens is 214 g/mol. The van der Waals surface area contributed by atoms with E-state index in [2.05, 4.69) is 4.98 Å². The molecule has 0 saturated carbocycles. The van der Waals surface area contributed by atoms with Crippen LogP contribution in [0.5, 0.6) is 0 Å². The predicted octanol–water partition coefficient (Wildman–Crippen LogP) is 1.90. The third-order valence-corrected chi connectivity index (χ3v) is 2.88. The maximum atomic E-state index is 11.6. The van der Waals surface area contributed by atoms with E-state index in [1.807, 2.05) is 6.92 Å². The van der Waals surface area contributed by atoms with Crippen molar-refractivity contribution in [2.75, 3.05) is 6.61 Å². The van der Waals surface area contributed by atoms with Gasteiger partial charge >= 0.3 is 5.97 Å². The number of carbonyl (C=O) groups excluding carboxylic acids is 2. The minimum absolute atomic E-state index is 0.198. The van der Waals surface area contributed by atoms with Crippen molar-refractivity contribution >= 4 is 23.1 Å². The van der Waals surface area contributed by atoms with E-state index in [1.165, 1.54) is 11.3 Å². The second-order valence-corrected chi connectivity index (χ2v) is 4.26. The molecule has 1 aromatic heterocycles. The molecule has 0 N–H and O–H groups in total. The number of thiazole rings is 1. The highest BCUT2D eigenvalue weighted by atomic mass is 32.1. The van der Waals surface area contributed by atoms with Gasteiger partial charge in [-0.15, -0.1) is 11.3 Å². The van der Waals surface area contributed by atoms with Gasteiger partial charge in [0.2, 0.25) is 0 Å². The molecule has 0 aromatic carbocycles. The van der Waals surface area contributed by atoms with E-state index in [4.69, 9.17) is 4.74 Å². The van der Waals surface area contributed by atoms with Crippen molar-refractivity contribution in [2.45, 2.75) is 27.2 Å². The highest BCUT2D eigenvalue weighted by Gasteiger charge is 2.17. The number of esters is 1. The second kappa shape index (κ2) is 5.02. The van der Waals surface area contributed by atoms with Crippen LogP contribution in [0.1, 0.15) is 33.7 Å². The van der Waals surface area contributed by atoms with Crippen molar-refractivity contribution in [1.29, 1.82) is 0 Å². The molecule has 0 unspecified atom stereocenters. The number of aryl methyl sites for hydroxylation is 2. The first-order chi connectivity index (χ1) is 7.04. The molecule has 0 radical (unpaired) electrons. The minimum atomic E-state index is -0.479. The molecule has 0 fully saturated rings. The number of hydrogen-bond acceptors (Lipinski definition) is 5. The Labute approximate surface area is 92.3 Å². The number of Topliss-reactive ketones (excluding diaryl/α,β-unsaturated/α-hetero) is 1. The Bertz CT molecular complexity index is 384. The van der Waals surface area contributed by atoms with Gasteiger partial charge in [0, 0.05) is 0 Å². The summed E-state index contributed by atoms with van der Waals surface area (Å²) < 4.78 is 4.71. The normalized spacial score (nSPS) is 10.1. The van der Waals surface area contributed by atoms with Crippen LogP contribution in [-0.2, 0) is 9.53 Å². The Hall–Kier alpha value is -1.23. The molecule has 0 bridgehead atoms. The van der Waals surface area contributed by atoms with Gasteiger partial charge in [0.05, 0.1) is 22.2 Å². The fourth-order valence-corrected chi connectivity index (χ4v) is 2.07. The Kier molecular flexibility index (Phi) is 3.96. The first-order valence-corrected chi connectivity index (χ1v) is 5.49. The van der Waals surface area contributed by atoms with Crippen LogP contribution in [-0.4, -0.2) is 23.3 Å². The zero-order chi connectivity index (χ0) is 11.4. The van der Waals surface area contributed by atoms with Crippen LogP contribution in [0, 0.1) is 13.8 Å². The van der Waals surface area contributed by atoms with Crippen molar-refractivity contribution < 1.29 is 14.3 Å². The molecular formula is C10H13NO3S. The highest BCUT2D eigenvalue weighted by Crippen LogP contribution is 2.18. The minimum Gasteiger partial charge on any atom is -0.466 e. The van der Waals surface area contributed by atoms with Crippen molar-refractivity contribution in [3.63, 3.8) is 0 Å². The lowest BCUT2D eigenvalue weighted by molar-refractivity contribution is -0.141. The molecule has 0 aliphatic rings. The van der Waals surface area contributed by atoms with Crippen molar-refractivity contribution in [3.05, 3.63) is 15.6 Å². The SMILES string of the molecule is CCOC(=O)CC(=O)c1sc(C)nc1C. The first kappa shape index (κ1) is 11.8. The van der Waals surface area contributed by atoms with Gasteiger partial charge in [-0.25, -0.2) is 4.98 Å². The van der Waals surface area contributed by atoms with Gasteiger partial charge < -0.3 is 4.74 Å². The van der Waals surface area contributed by atoms with Crippen LogP contribution >= 0.6 is 11.3 Å². The largest absolute Gasteiger partial charge is 0.466 e. The molecule has 1 heterocycles. The van der Waals surface area contributed by atoms with Gasteiger partial charge in [0.25, 0.3) is 0 Å². The summed E-state index contributed by atoms with van der Waals surface area (Å²) in [6.45, 7) is 5.61. The number of ketones is 1. The molecule has 0 saturated heterocycles. The lowest BCUT2D eigenvalue weighted by Crippen LogP contribution is -2.11. The van der Waals surface area contributed by atoms with Gasteiger partial charge in [-0.05, 0) is 20.8 Å². The lowest BCUT2D eigenvalue weighted by Gasteiger charge is -1.99. The summed E-state index contributed by atoms with van der Waals surface area (Å²) in [6.07, 6.45) is -0.198. The van der Waals surface area contributed by atoms with E-state index >= 15 is 0 Å². The lowest BCUT2D eigenvalue weighted by atomic mass is 10.2. The molecule has 0 aliphatic heterocycles. The van der Waals surface area contributed by atoms with Crippen molar-refractivity contribution in [2.24, 2.45) is 0 Å². The summed E-state index contributed by atoms with van der Waals surface area (Å²) in [7, 11) is 0. The maximum absolute atomic E-state index is 11.6. The van der Waals surface area contributed by atoms with Gasteiger partial charge in [-0.2, -0.15) is 0 Å². The zero-order valence-electron chi connectivity index (χ0n) is 8.99. The van der Waals surface area contributed by atoms with Crippen LogP contribution in [0.4, 0.5) is 0 Å². The quantitative estimate of drug-likeness (QED) is 0.448. The van der Waals surface area contributed by atoms with Gasteiger partial charge in [0.15, 0.2) is 5.78 Å². The first-order valence-electron chi connectivity index (χ1n) is 4.67. The number of carbonyl (C=O) groups is 2. The number of nitrogens with zero attached hydrogens (tertiary/aromatic N) is 1. The van der Waals surface area contributed by atoms with Gasteiger partial charge in [-0.1, -0.05) is 0 Å². The Morgan fingerprint density at radius 3 is 2.53 bits per heavy atom. The monoisotopic (exact) mass is 227 g/mol. The van der Waals surface area contributed by atoms with E-state index < -0.39 is 5.97 Å². The third kappa shape index (κ3) is 3.13. The average molecular weight is 227 g/mol. The summed E-state index contributed by atoms with van der Waals surface area (Å²) in [5.74, 6) is -0.690. The molecule has 1 rings (SSSR count). The molecule has 5 heteroatoms. The van der Waals surface area contributed by atoms with Crippen LogP contribution in [0.2, 0.25) is 0 Å². The van der Waals surface area contributed by atoms with E-state index in [-0.39, 0.29) is 12.2 Å². The molecule has 1 aromatic rings. The molecule has 4 nitrogen and oxygen atoms in total. The number of aromatic nitrogens is 1. The van der Waals surface area contributed by atoms with Crippen LogP contribution in [0.25, 0.3) is 0 Å². The van der Waals surface area contributed by atoms with E-state index in [0.717, 1.165) is 5.01 Å². The Balaban J connectivity index is 2.69. The van der Waals surface area contributed by atoms with Crippen LogP contribution < -0.4 is 0 Å². The van der Waals surface area contributed by atoms with E-state index in [0.29, 0.717) is 17.2 Å². The molecule has 82 valence electrons. The summed E-state index contributed by atoms with van der Waals surface area (Å²) in [5.41, 5.74) is 0.687. The van der Waals surface area contributed by atoms with Gasteiger partial charge in [-0.3, -0.25) is 9.59 Å². The summed E-state index contributed by atoms with van der Waals surface area (Å²) in [6, 6.07) is 0.